The second kappa shape index (κ2) is 4.90. The molecular formula is C10H10N2OS3. The quantitative estimate of drug-likeness (QED) is 0.839. The normalized spacial score (nSPS) is 10.5. The Bertz CT molecular complexity index is 500. The van der Waals surface area contributed by atoms with E-state index in [0.29, 0.717) is 18.0 Å². The van der Waals surface area contributed by atoms with Crippen LogP contribution in [0.2, 0.25) is 0 Å². The van der Waals surface area contributed by atoms with Crippen LogP contribution in [-0.2, 0) is 0 Å². The molecule has 0 saturated heterocycles. The van der Waals surface area contributed by atoms with E-state index in [-0.39, 0.29) is 5.91 Å². The molecule has 2 rings (SSSR count). The molecule has 16 heavy (non-hydrogen) atoms. The molecule has 0 radical (unpaired) electrons. The third-order valence-electron chi connectivity index (χ3n) is 2.02. The van der Waals surface area contributed by atoms with Gasteiger partial charge in [-0.3, -0.25) is 4.79 Å². The van der Waals surface area contributed by atoms with Gasteiger partial charge in [-0.2, -0.15) is 0 Å². The highest BCUT2D eigenvalue weighted by Gasteiger charge is 2.10. The Morgan fingerprint density at radius 2 is 2.31 bits per heavy atom. The number of hydrogen-bond donors (Lipinski definition) is 2. The van der Waals surface area contributed by atoms with Crippen LogP contribution in [0.15, 0.2) is 17.5 Å². The molecule has 2 aromatic rings. The van der Waals surface area contributed by atoms with Crippen LogP contribution < -0.4 is 11.1 Å². The predicted octanol–water partition coefficient (Wildman–Crippen LogP) is 2.37. The first-order valence-electron chi connectivity index (χ1n) is 4.70. The first-order valence-corrected chi connectivity index (χ1v) is 6.81. The third-order valence-corrected chi connectivity index (χ3v) is 4.32. The summed E-state index contributed by atoms with van der Waals surface area (Å²) in [5.74, 6) is -0.0512. The maximum Gasteiger partial charge on any atom is 0.261 e. The highest BCUT2D eigenvalue weighted by molar-refractivity contribution is 7.80. The standard InChI is InChI=1S/C10H10N2OS3/c11-9(14)1-3-12-10(13)8-5-7-6(16-8)2-4-15-7/h2,4-5H,1,3H2,(H2,11,14)(H,12,13). The van der Waals surface area contributed by atoms with Crippen molar-refractivity contribution in [2.24, 2.45) is 5.73 Å². The Balaban J connectivity index is 1.99. The lowest BCUT2D eigenvalue weighted by atomic mass is 10.4. The highest BCUT2D eigenvalue weighted by atomic mass is 32.1. The molecule has 0 aromatic carbocycles. The molecule has 2 heterocycles. The number of hydrogen-bond acceptors (Lipinski definition) is 4. The average molecular weight is 270 g/mol. The van der Waals surface area contributed by atoms with Crippen LogP contribution in [0.25, 0.3) is 9.40 Å². The first kappa shape index (κ1) is 11.5. The van der Waals surface area contributed by atoms with Gasteiger partial charge in [-0.1, -0.05) is 12.2 Å². The zero-order valence-electron chi connectivity index (χ0n) is 8.36. The van der Waals surface area contributed by atoms with Crippen molar-refractivity contribution in [3.63, 3.8) is 0 Å². The fraction of sp³-hybridized carbons (Fsp3) is 0.200. The number of carbonyl (C=O) groups excluding carboxylic acids is 1. The number of amides is 1. The summed E-state index contributed by atoms with van der Waals surface area (Å²) < 4.78 is 2.31. The Morgan fingerprint density at radius 1 is 1.50 bits per heavy atom. The molecule has 6 heteroatoms. The predicted molar refractivity (Wildman–Crippen MR) is 73.4 cm³/mol. The van der Waals surface area contributed by atoms with Gasteiger partial charge in [0.15, 0.2) is 0 Å². The molecule has 84 valence electrons. The Labute approximate surface area is 106 Å². The van der Waals surface area contributed by atoms with Crippen LogP contribution in [0.3, 0.4) is 0 Å². The van der Waals surface area contributed by atoms with Crippen molar-refractivity contribution in [2.75, 3.05) is 6.54 Å². The van der Waals surface area contributed by atoms with Crippen LogP contribution in [0.5, 0.6) is 0 Å². The maximum atomic E-state index is 11.7. The SMILES string of the molecule is NC(=S)CCNC(=O)c1cc2sccc2s1. The molecule has 0 unspecified atom stereocenters. The second-order valence-electron chi connectivity index (χ2n) is 3.23. The van der Waals surface area contributed by atoms with Crippen molar-refractivity contribution < 1.29 is 4.79 Å². The fourth-order valence-electron chi connectivity index (χ4n) is 1.26. The lowest BCUT2D eigenvalue weighted by molar-refractivity contribution is 0.0959. The summed E-state index contributed by atoms with van der Waals surface area (Å²) in [4.78, 5) is 12.9. The minimum absolute atomic E-state index is 0.0512. The van der Waals surface area contributed by atoms with E-state index in [4.69, 9.17) is 18.0 Å². The van der Waals surface area contributed by atoms with Crippen LogP contribution >= 0.6 is 34.9 Å². The summed E-state index contributed by atoms with van der Waals surface area (Å²) in [7, 11) is 0. The van der Waals surface area contributed by atoms with Gasteiger partial charge in [0, 0.05) is 22.4 Å². The van der Waals surface area contributed by atoms with E-state index >= 15 is 0 Å². The average Bonchev–Trinajstić information content (AvgIpc) is 2.75. The lowest BCUT2D eigenvalue weighted by Gasteiger charge is -2.01. The van der Waals surface area contributed by atoms with Gasteiger partial charge < -0.3 is 11.1 Å². The summed E-state index contributed by atoms with van der Waals surface area (Å²) in [5, 5.41) is 4.81. The minimum Gasteiger partial charge on any atom is -0.393 e. The highest BCUT2D eigenvalue weighted by Crippen LogP contribution is 2.29. The summed E-state index contributed by atoms with van der Waals surface area (Å²) >= 11 is 7.88. The molecule has 0 aliphatic carbocycles. The summed E-state index contributed by atoms with van der Waals surface area (Å²) in [6.45, 7) is 0.500. The van der Waals surface area contributed by atoms with Crippen LogP contribution in [0.4, 0.5) is 0 Å². The number of thiocarbonyl (C=S) groups is 1. The van der Waals surface area contributed by atoms with Crippen LogP contribution in [0, 0.1) is 0 Å². The first-order chi connectivity index (χ1) is 7.66. The van der Waals surface area contributed by atoms with Crippen LogP contribution in [0.1, 0.15) is 16.1 Å². The number of carbonyl (C=O) groups is 1. The van der Waals surface area contributed by atoms with Crippen molar-refractivity contribution >= 4 is 55.2 Å². The Morgan fingerprint density at radius 3 is 3.00 bits per heavy atom. The largest absolute Gasteiger partial charge is 0.393 e. The third kappa shape index (κ3) is 2.58. The van der Waals surface area contributed by atoms with E-state index in [9.17, 15) is 4.79 Å². The molecule has 1 amide bonds. The molecule has 0 aliphatic heterocycles. The van der Waals surface area contributed by atoms with Crippen molar-refractivity contribution in [3.8, 4) is 0 Å². The monoisotopic (exact) mass is 270 g/mol. The molecular weight excluding hydrogens is 260 g/mol. The number of rotatable bonds is 4. The molecule has 0 fully saturated rings. The van der Waals surface area contributed by atoms with E-state index in [1.165, 1.54) is 11.3 Å². The molecule has 0 aliphatic rings. The van der Waals surface area contributed by atoms with Gasteiger partial charge in [0.1, 0.15) is 0 Å². The fourth-order valence-corrected chi connectivity index (χ4v) is 3.39. The van der Waals surface area contributed by atoms with E-state index in [1.807, 2.05) is 17.5 Å². The molecule has 3 nitrogen and oxygen atoms in total. The van der Waals surface area contributed by atoms with Gasteiger partial charge in [0.2, 0.25) is 0 Å². The van der Waals surface area contributed by atoms with E-state index in [0.717, 1.165) is 14.3 Å². The minimum atomic E-state index is -0.0512. The molecule has 0 spiro atoms. The number of fused-ring (bicyclic) bond motifs is 1. The molecule has 3 N–H and O–H groups in total. The van der Waals surface area contributed by atoms with Gasteiger partial charge in [-0.05, 0) is 17.5 Å². The topological polar surface area (TPSA) is 55.1 Å². The summed E-state index contributed by atoms with van der Waals surface area (Å²) in [6, 6.07) is 3.94. The molecule has 2 aromatic heterocycles. The van der Waals surface area contributed by atoms with Crippen LogP contribution in [-0.4, -0.2) is 17.4 Å². The number of thiophene rings is 2. The lowest BCUT2D eigenvalue weighted by Crippen LogP contribution is -2.26. The van der Waals surface area contributed by atoms with Crippen molar-refractivity contribution in [3.05, 3.63) is 22.4 Å². The zero-order valence-corrected chi connectivity index (χ0v) is 10.8. The molecule has 0 atom stereocenters. The van der Waals surface area contributed by atoms with Gasteiger partial charge in [0.05, 0.1) is 9.87 Å². The Kier molecular flexibility index (Phi) is 3.52. The summed E-state index contributed by atoms with van der Waals surface area (Å²) in [5.41, 5.74) is 5.35. The van der Waals surface area contributed by atoms with Gasteiger partial charge in [-0.15, -0.1) is 22.7 Å². The number of nitrogens with two attached hydrogens (primary N) is 1. The maximum absolute atomic E-state index is 11.7. The summed E-state index contributed by atoms with van der Waals surface area (Å²) in [6.07, 6.45) is 0.542. The second-order valence-corrected chi connectivity index (χ2v) is 5.79. The molecule has 0 saturated carbocycles. The van der Waals surface area contributed by atoms with Gasteiger partial charge in [0.25, 0.3) is 5.91 Å². The Hall–Kier alpha value is -0.980. The van der Waals surface area contributed by atoms with Gasteiger partial charge >= 0.3 is 0 Å². The van der Waals surface area contributed by atoms with E-state index in [1.54, 1.807) is 11.3 Å². The van der Waals surface area contributed by atoms with Crippen molar-refractivity contribution in [1.29, 1.82) is 0 Å². The van der Waals surface area contributed by atoms with Gasteiger partial charge in [-0.25, -0.2) is 0 Å². The smallest absolute Gasteiger partial charge is 0.261 e. The van der Waals surface area contributed by atoms with Crippen molar-refractivity contribution in [1.82, 2.24) is 5.32 Å². The van der Waals surface area contributed by atoms with Crippen molar-refractivity contribution in [2.45, 2.75) is 6.42 Å². The van der Waals surface area contributed by atoms with E-state index < -0.39 is 0 Å². The van der Waals surface area contributed by atoms with E-state index in [2.05, 4.69) is 5.32 Å². The molecule has 0 bridgehead atoms. The zero-order chi connectivity index (χ0) is 11.5. The number of nitrogens with one attached hydrogen (secondary N) is 1.